The maximum atomic E-state index is 14.0. The second-order valence-electron chi connectivity index (χ2n) is 10.1. The second-order valence-corrected chi connectivity index (χ2v) is 12.4. The summed E-state index contributed by atoms with van der Waals surface area (Å²) in [6, 6.07) is 18.7. The standard InChI is InChI=1S/C30H34ClN3O6S/c1-21(2)18-32-30(36)22(3)33(19-23-8-7-9-24(31)16-23)29(35)20-34(41(37,38)26-10-5-4-6-11-26)25-12-13-27-28(17-25)40-15-14-39-27/h4-13,16-17,21-22H,14-15,18-20H2,1-3H3,(H,32,36)/t22-/m0/s1. The van der Waals surface area contributed by atoms with Crippen molar-refractivity contribution in [1.82, 2.24) is 10.2 Å². The molecule has 0 saturated heterocycles. The average molecular weight is 600 g/mol. The van der Waals surface area contributed by atoms with E-state index in [0.717, 1.165) is 4.31 Å². The number of carbonyl (C=O) groups excluding carboxylic acids is 2. The van der Waals surface area contributed by atoms with E-state index in [2.05, 4.69) is 5.32 Å². The summed E-state index contributed by atoms with van der Waals surface area (Å²) in [5, 5.41) is 3.35. The molecule has 1 heterocycles. The van der Waals surface area contributed by atoms with Crippen LogP contribution in [0.25, 0.3) is 0 Å². The molecule has 4 rings (SSSR count). The number of halogens is 1. The van der Waals surface area contributed by atoms with E-state index in [0.29, 0.717) is 41.8 Å². The Morgan fingerprint density at radius 3 is 2.32 bits per heavy atom. The minimum Gasteiger partial charge on any atom is -0.486 e. The van der Waals surface area contributed by atoms with Crippen molar-refractivity contribution in [3.63, 3.8) is 0 Å². The van der Waals surface area contributed by atoms with Crippen LogP contribution in [0.15, 0.2) is 77.7 Å². The monoisotopic (exact) mass is 599 g/mol. The maximum Gasteiger partial charge on any atom is 0.264 e. The molecule has 0 spiro atoms. The zero-order chi connectivity index (χ0) is 29.6. The fraction of sp³-hybridized carbons (Fsp3) is 0.333. The molecule has 9 nitrogen and oxygen atoms in total. The Bertz CT molecular complexity index is 1480. The second kappa shape index (κ2) is 13.3. The van der Waals surface area contributed by atoms with Crippen LogP contribution in [0.2, 0.25) is 5.02 Å². The third-order valence-electron chi connectivity index (χ3n) is 6.52. The molecule has 0 saturated carbocycles. The summed E-state index contributed by atoms with van der Waals surface area (Å²) in [5.74, 6) is 0.176. The summed E-state index contributed by atoms with van der Waals surface area (Å²) >= 11 is 6.19. The lowest BCUT2D eigenvalue weighted by Gasteiger charge is -2.32. The molecule has 0 fully saturated rings. The van der Waals surface area contributed by atoms with Gasteiger partial charge in [0.05, 0.1) is 10.6 Å². The molecule has 0 aromatic heterocycles. The van der Waals surface area contributed by atoms with Crippen LogP contribution in [0.1, 0.15) is 26.3 Å². The van der Waals surface area contributed by atoms with Gasteiger partial charge in [-0.05, 0) is 54.8 Å². The third kappa shape index (κ3) is 7.51. The van der Waals surface area contributed by atoms with E-state index in [1.54, 1.807) is 67.6 Å². The van der Waals surface area contributed by atoms with Gasteiger partial charge in [0, 0.05) is 24.2 Å². The van der Waals surface area contributed by atoms with Gasteiger partial charge >= 0.3 is 0 Å². The summed E-state index contributed by atoms with van der Waals surface area (Å²) in [7, 11) is -4.19. The highest BCUT2D eigenvalue weighted by molar-refractivity contribution is 7.92. The van der Waals surface area contributed by atoms with Gasteiger partial charge in [0.1, 0.15) is 25.8 Å². The number of hydrogen-bond acceptors (Lipinski definition) is 6. The molecule has 0 aliphatic carbocycles. The van der Waals surface area contributed by atoms with E-state index >= 15 is 0 Å². The van der Waals surface area contributed by atoms with Gasteiger partial charge in [-0.3, -0.25) is 13.9 Å². The van der Waals surface area contributed by atoms with Gasteiger partial charge in [0.2, 0.25) is 11.8 Å². The topological polar surface area (TPSA) is 105 Å². The van der Waals surface area contributed by atoms with Crippen LogP contribution >= 0.6 is 11.6 Å². The van der Waals surface area contributed by atoms with Crippen LogP contribution in [0.4, 0.5) is 5.69 Å². The molecule has 41 heavy (non-hydrogen) atoms. The summed E-state index contributed by atoms with van der Waals surface area (Å²) in [6.45, 7) is 6.20. The smallest absolute Gasteiger partial charge is 0.264 e. The lowest BCUT2D eigenvalue weighted by atomic mass is 10.1. The van der Waals surface area contributed by atoms with Gasteiger partial charge in [0.15, 0.2) is 11.5 Å². The molecule has 1 atom stereocenters. The predicted octanol–water partition coefficient (Wildman–Crippen LogP) is 4.50. The van der Waals surface area contributed by atoms with Gasteiger partial charge in [0.25, 0.3) is 10.0 Å². The molecule has 3 aromatic carbocycles. The zero-order valence-electron chi connectivity index (χ0n) is 23.2. The Labute approximate surface area is 246 Å². The van der Waals surface area contributed by atoms with Crippen LogP contribution in [0, 0.1) is 5.92 Å². The Hall–Kier alpha value is -3.76. The molecule has 0 radical (unpaired) electrons. The Morgan fingerprint density at radius 2 is 1.63 bits per heavy atom. The van der Waals surface area contributed by atoms with Crippen molar-refractivity contribution in [3.8, 4) is 11.5 Å². The Kier molecular flexibility index (Phi) is 9.77. The summed E-state index contributed by atoms with van der Waals surface area (Å²) < 4.78 is 40.2. The van der Waals surface area contributed by atoms with Crippen LogP contribution in [-0.2, 0) is 26.2 Å². The number of sulfonamides is 1. The van der Waals surface area contributed by atoms with Crippen molar-refractivity contribution >= 4 is 39.1 Å². The minimum atomic E-state index is -4.19. The molecular formula is C30H34ClN3O6S. The summed E-state index contributed by atoms with van der Waals surface area (Å²) in [6.07, 6.45) is 0. The quantitative estimate of drug-likeness (QED) is 0.348. The number of rotatable bonds is 11. The summed E-state index contributed by atoms with van der Waals surface area (Å²) in [5.41, 5.74) is 0.928. The van der Waals surface area contributed by atoms with Crippen LogP contribution in [0.5, 0.6) is 11.5 Å². The first-order valence-electron chi connectivity index (χ1n) is 13.4. The summed E-state index contributed by atoms with van der Waals surface area (Å²) in [4.78, 5) is 28.5. The molecular weight excluding hydrogens is 566 g/mol. The number of benzene rings is 3. The fourth-order valence-corrected chi connectivity index (χ4v) is 5.94. The molecule has 2 amide bonds. The fourth-order valence-electron chi connectivity index (χ4n) is 4.30. The first-order valence-corrected chi connectivity index (χ1v) is 15.2. The molecule has 218 valence electrons. The third-order valence-corrected chi connectivity index (χ3v) is 8.54. The van der Waals surface area contributed by atoms with Crippen molar-refractivity contribution < 1.29 is 27.5 Å². The van der Waals surface area contributed by atoms with E-state index in [9.17, 15) is 18.0 Å². The van der Waals surface area contributed by atoms with Gasteiger partial charge in [-0.25, -0.2) is 8.42 Å². The first kappa shape index (κ1) is 30.2. The number of fused-ring (bicyclic) bond motifs is 1. The van der Waals surface area contributed by atoms with Gasteiger partial charge in [-0.1, -0.05) is 55.8 Å². The van der Waals surface area contributed by atoms with Crippen molar-refractivity contribution in [2.75, 3.05) is 30.6 Å². The van der Waals surface area contributed by atoms with Gasteiger partial charge in [-0.2, -0.15) is 0 Å². The van der Waals surface area contributed by atoms with Gasteiger partial charge in [-0.15, -0.1) is 0 Å². The Balaban J connectivity index is 1.72. The first-order chi connectivity index (χ1) is 19.6. The number of nitrogens with one attached hydrogen (secondary N) is 1. The number of amides is 2. The predicted molar refractivity (Wildman–Crippen MR) is 158 cm³/mol. The van der Waals surface area contributed by atoms with Crippen molar-refractivity contribution in [1.29, 1.82) is 0 Å². The number of nitrogens with zero attached hydrogens (tertiary/aromatic N) is 2. The zero-order valence-corrected chi connectivity index (χ0v) is 24.8. The SMILES string of the molecule is CC(C)CNC(=O)[C@H](C)N(Cc1cccc(Cl)c1)C(=O)CN(c1ccc2c(c1)OCCO2)S(=O)(=O)c1ccccc1. The number of ether oxygens (including phenoxy) is 2. The van der Waals surface area contributed by atoms with Crippen molar-refractivity contribution in [2.45, 2.75) is 38.3 Å². The van der Waals surface area contributed by atoms with Crippen molar-refractivity contribution in [2.24, 2.45) is 5.92 Å². The minimum absolute atomic E-state index is 0.0202. The number of carbonyl (C=O) groups is 2. The lowest BCUT2D eigenvalue weighted by molar-refractivity contribution is -0.139. The highest BCUT2D eigenvalue weighted by Gasteiger charge is 2.33. The van der Waals surface area contributed by atoms with Crippen molar-refractivity contribution in [3.05, 3.63) is 83.4 Å². The van der Waals surface area contributed by atoms with E-state index in [4.69, 9.17) is 21.1 Å². The normalized spacial score (nSPS) is 13.4. The van der Waals surface area contributed by atoms with E-state index in [-0.39, 0.29) is 29.0 Å². The van der Waals surface area contributed by atoms with E-state index < -0.39 is 28.5 Å². The van der Waals surface area contributed by atoms with Crippen LogP contribution in [0.3, 0.4) is 0 Å². The average Bonchev–Trinajstić information content (AvgIpc) is 2.97. The van der Waals surface area contributed by atoms with E-state index in [1.807, 2.05) is 13.8 Å². The molecule has 1 aliphatic heterocycles. The molecule has 0 bridgehead atoms. The molecule has 11 heteroatoms. The van der Waals surface area contributed by atoms with Crippen LogP contribution in [-0.4, -0.2) is 57.5 Å². The molecule has 1 aliphatic rings. The molecule has 1 N–H and O–H groups in total. The number of anilines is 1. The number of hydrogen-bond donors (Lipinski definition) is 1. The van der Waals surface area contributed by atoms with Gasteiger partial charge < -0.3 is 19.7 Å². The highest BCUT2D eigenvalue weighted by atomic mass is 35.5. The largest absolute Gasteiger partial charge is 0.486 e. The van der Waals surface area contributed by atoms with Crippen LogP contribution < -0.4 is 19.1 Å². The lowest BCUT2D eigenvalue weighted by Crippen LogP contribution is -2.51. The molecule has 3 aromatic rings. The Morgan fingerprint density at radius 1 is 0.927 bits per heavy atom. The highest BCUT2D eigenvalue weighted by Crippen LogP contribution is 2.36. The molecule has 0 unspecified atom stereocenters. The maximum absolute atomic E-state index is 14.0. The van der Waals surface area contributed by atoms with E-state index in [1.165, 1.54) is 17.0 Å².